The van der Waals surface area contributed by atoms with Gasteiger partial charge in [-0.3, -0.25) is 14.5 Å². The Morgan fingerprint density at radius 3 is 2.55 bits per heavy atom. The zero-order valence-electron chi connectivity index (χ0n) is 16.7. The van der Waals surface area contributed by atoms with Gasteiger partial charge in [0.25, 0.3) is 5.91 Å². The lowest BCUT2D eigenvalue weighted by molar-refractivity contribution is 0.0598. The van der Waals surface area contributed by atoms with E-state index in [1.165, 1.54) is 17.2 Å². The van der Waals surface area contributed by atoms with Crippen molar-refractivity contribution in [1.29, 1.82) is 0 Å². The van der Waals surface area contributed by atoms with E-state index in [9.17, 15) is 9.59 Å². The first-order valence-corrected chi connectivity index (χ1v) is 9.73. The quantitative estimate of drug-likeness (QED) is 0.683. The molecule has 2 heterocycles. The monoisotopic (exact) mass is 392 g/mol. The van der Waals surface area contributed by atoms with Crippen molar-refractivity contribution < 1.29 is 13.9 Å². The number of rotatable bonds is 4. The zero-order chi connectivity index (χ0) is 20.4. The molecule has 150 valence electrons. The molecule has 0 aliphatic carbocycles. The lowest BCUT2D eigenvalue weighted by Gasteiger charge is -2.34. The van der Waals surface area contributed by atoms with E-state index in [4.69, 9.17) is 9.15 Å². The number of amides is 1. The first-order chi connectivity index (χ1) is 14.0. The fourth-order valence-corrected chi connectivity index (χ4v) is 3.66. The number of methoxy groups -OCH3 is 1. The first-order valence-electron chi connectivity index (χ1n) is 9.73. The Morgan fingerprint density at radius 2 is 1.83 bits per heavy atom. The zero-order valence-corrected chi connectivity index (χ0v) is 16.7. The van der Waals surface area contributed by atoms with E-state index in [1.807, 2.05) is 6.07 Å². The van der Waals surface area contributed by atoms with E-state index in [-0.39, 0.29) is 17.1 Å². The summed E-state index contributed by atoms with van der Waals surface area (Å²) in [6, 6.07) is 14.6. The molecule has 6 heteroatoms. The second-order valence-electron chi connectivity index (χ2n) is 7.33. The van der Waals surface area contributed by atoms with Crippen molar-refractivity contribution in [3.8, 4) is 5.75 Å². The number of piperazine rings is 1. The molecule has 1 aliphatic rings. The molecule has 0 bridgehead atoms. The van der Waals surface area contributed by atoms with Gasteiger partial charge in [0.1, 0.15) is 11.3 Å². The van der Waals surface area contributed by atoms with Crippen LogP contribution in [0.5, 0.6) is 5.75 Å². The Bertz CT molecular complexity index is 1100. The highest BCUT2D eigenvalue weighted by molar-refractivity contribution is 5.93. The lowest BCUT2D eigenvalue weighted by Crippen LogP contribution is -2.48. The summed E-state index contributed by atoms with van der Waals surface area (Å²) in [7, 11) is 1.55. The van der Waals surface area contributed by atoms with Crippen molar-refractivity contribution in [2.24, 2.45) is 0 Å². The van der Waals surface area contributed by atoms with Crippen molar-refractivity contribution in [2.75, 3.05) is 33.3 Å². The van der Waals surface area contributed by atoms with Crippen LogP contribution in [0.15, 0.2) is 57.7 Å². The maximum atomic E-state index is 12.9. The average molecular weight is 392 g/mol. The summed E-state index contributed by atoms with van der Waals surface area (Å²) in [6.45, 7) is 5.76. The molecular weight excluding hydrogens is 368 g/mol. The number of carbonyl (C=O) groups excluding carboxylic acids is 1. The van der Waals surface area contributed by atoms with E-state index in [0.717, 1.165) is 19.6 Å². The van der Waals surface area contributed by atoms with Crippen LogP contribution in [0.25, 0.3) is 11.0 Å². The third kappa shape index (κ3) is 4.03. The SMILES string of the molecule is COc1ccc2c(=O)cc(C(=O)N3CCN(Cc4ccccc4C)CC3)oc2c1. The highest BCUT2D eigenvalue weighted by Gasteiger charge is 2.24. The molecule has 0 unspecified atom stereocenters. The highest BCUT2D eigenvalue weighted by atomic mass is 16.5. The van der Waals surface area contributed by atoms with Crippen molar-refractivity contribution in [1.82, 2.24) is 9.80 Å². The fourth-order valence-electron chi connectivity index (χ4n) is 3.66. The van der Waals surface area contributed by atoms with Gasteiger partial charge in [0, 0.05) is 44.9 Å². The number of benzene rings is 2. The van der Waals surface area contributed by atoms with Gasteiger partial charge in [-0.2, -0.15) is 0 Å². The van der Waals surface area contributed by atoms with Gasteiger partial charge in [-0.1, -0.05) is 24.3 Å². The average Bonchev–Trinajstić information content (AvgIpc) is 2.75. The molecule has 6 nitrogen and oxygen atoms in total. The van der Waals surface area contributed by atoms with E-state index in [0.29, 0.717) is 29.8 Å². The highest BCUT2D eigenvalue weighted by Crippen LogP contribution is 2.20. The Labute approximate surface area is 169 Å². The number of aryl methyl sites for hydroxylation is 1. The van der Waals surface area contributed by atoms with Gasteiger partial charge in [-0.15, -0.1) is 0 Å². The number of ether oxygens (including phenoxy) is 1. The van der Waals surface area contributed by atoms with E-state index >= 15 is 0 Å². The topological polar surface area (TPSA) is 63.0 Å². The molecule has 4 rings (SSSR count). The minimum Gasteiger partial charge on any atom is -0.497 e. The standard InChI is InChI=1S/C23H24N2O4/c1-16-5-3-4-6-17(16)15-24-9-11-25(12-10-24)23(27)22-14-20(26)19-8-7-18(28-2)13-21(19)29-22/h3-8,13-14H,9-12,15H2,1-2H3. The molecule has 1 amide bonds. The largest absolute Gasteiger partial charge is 0.497 e. The van der Waals surface area contributed by atoms with Crippen LogP contribution in [0.1, 0.15) is 21.7 Å². The van der Waals surface area contributed by atoms with Crippen LogP contribution in [0.4, 0.5) is 0 Å². The molecule has 3 aromatic rings. The van der Waals surface area contributed by atoms with E-state index < -0.39 is 0 Å². The van der Waals surface area contributed by atoms with Gasteiger partial charge in [0.15, 0.2) is 11.2 Å². The maximum Gasteiger partial charge on any atom is 0.289 e. The van der Waals surface area contributed by atoms with E-state index in [1.54, 1.807) is 30.2 Å². The van der Waals surface area contributed by atoms with Crippen LogP contribution in [0, 0.1) is 6.92 Å². The summed E-state index contributed by atoms with van der Waals surface area (Å²) < 4.78 is 10.9. The van der Waals surface area contributed by atoms with Gasteiger partial charge >= 0.3 is 0 Å². The maximum absolute atomic E-state index is 12.9. The Kier molecular flexibility index (Phi) is 5.36. The third-order valence-corrected chi connectivity index (χ3v) is 5.46. The number of carbonyl (C=O) groups is 1. The van der Waals surface area contributed by atoms with E-state index in [2.05, 4.69) is 30.0 Å². The smallest absolute Gasteiger partial charge is 0.289 e. The van der Waals surface area contributed by atoms with Crippen LogP contribution < -0.4 is 10.2 Å². The molecule has 0 saturated carbocycles. The third-order valence-electron chi connectivity index (χ3n) is 5.46. The predicted octanol–water partition coefficient (Wildman–Crippen LogP) is 3.07. The van der Waals surface area contributed by atoms with Gasteiger partial charge in [0.05, 0.1) is 12.5 Å². The van der Waals surface area contributed by atoms with Crippen molar-refractivity contribution in [3.63, 3.8) is 0 Å². The van der Waals surface area contributed by atoms with Gasteiger partial charge in [-0.25, -0.2) is 0 Å². The molecule has 1 aromatic heterocycles. The van der Waals surface area contributed by atoms with Crippen LogP contribution in [0.2, 0.25) is 0 Å². The normalized spacial score (nSPS) is 14.9. The second kappa shape index (κ2) is 8.09. The molecule has 0 atom stereocenters. The van der Waals surface area contributed by atoms with Crippen LogP contribution in [-0.4, -0.2) is 49.0 Å². The Balaban J connectivity index is 1.47. The van der Waals surface area contributed by atoms with Gasteiger partial charge < -0.3 is 14.1 Å². The minimum absolute atomic E-state index is 0.0723. The van der Waals surface area contributed by atoms with Gasteiger partial charge in [0.2, 0.25) is 0 Å². The van der Waals surface area contributed by atoms with Crippen molar-refractivity contribution >= 4 is 16.9 Å². The number of hydrogen-bond donors (Lipinski definition) is 0. The number of hydrogen-bond acceptors (Lipinski definition) is 5. The lowest BCUT2D eigenvalue weighted by atomic mass is 10.1. The summed E-state index contributed by atoms with van der Waals surface area (Å²) >= 11 is 0. The van der Waals surface area contributed by atoms with Crippen LogP contribution in [-0.2, 0) is 6.54 Å². The molecule has 0 N–H and O–H groups in total. The molecule has 0 radical (unpaired) electrons. The van der Waals surface area contributed by atoms with Gasteiger partial charge in [-0.05, 0) is 30.2 Å². The Morgan fingerprint density at radius 1 is 1.07 bits per heavy atom. The summed E-state index contributed by atoms with van der Waals surface area (Å²) in [6.07, 6.45) is 0. The fraction of sp³-hybridized carbons (Fsp3) is 0.304. The first kappa shape index (κ1) is 19.2. The summed E-state index contributed by atoms with van der Waals surface area (Å²) in [5.41, 5.74) is 2.72. The Hall–Kier alpha value is -3.12. The molecule has 2 aromatic carbocycles. The molecule has 1 saturated heterocycles. The molecule has 0 spiro atoms. The van der Waals surface area contributed by atoms with Crippen LogP contribution >= 0.6 is 0 Å². The van der Waals surface area contributed by atoms with Crippen LogP contribution in [0.3, 0.4) is 0 Å². The summed E-state index contributed by atoms with van der Waals surface area (Å²) in [5.74, 6) is 0.403. The number of fused-ring (bicyclic) bond motifs is 1. The van der Waals surface area contributed by atoms with Crippen molar-refractivity contribution in [2.45, 2.75) is 13.5 Å². The molecule has 1 fully saturated rings. The predicted molar refractivity (Wildman–Crippen MR) is 111 cm³/mol. The summed E-state index contributed by atoms with van der Waals surface area (Å²) in [5, 5.41) is 0.436. The number of nitrogens with zero attached hydrogens (tertiary/aromatic N) is 2. The molecule has 1 aliphatic heterocycles. The minimum atomic E-state index is -0.248. The molecule has 29 heavy (non-hydrogen) atoms. The van der Waals surface area contributed by atoms with Crippen molar-refractivity contribution in [3.05, 3.63) is 75.6 Å². The summed E-state index contributed by atoms with van der Waals surface area (Å²) in [4.78, 5) is 29.4. The second-order valence-corrected chi connectivity index (χ2v) is 7.33. The molecular formula is C23H24N2O4.